The summed E-state index contributed by atoms with van der Waals surface area (Å²) in [6.45, 7) is 4.79. The number of ether oxygens (including phenoxy) is 1. The molecule has 21 heavy (non-hydrogen) atoms. The molecule has 0 atom stereocenters. The molecule has 5 nitrogen and oxygen atoms in total. The fourth-order valence-corrected chi connectivity index (χ4v) is 3.14. The third-order valence-corrected chi connectivity index (χ3v) is 4.14. The average Bonchev–Trinajstić information content (AvgIpc) is 2.44. The highest BCUT2D eigenvalue weighted by atomic mass is 16.5. The van der Waals surface area contributed by atoms with Crippen LogP contribution in [0.15, 0.2) is 27.8 Å². The van der Waals surface area contributed by atoms with Gasteiger partial charge < -0.3 is 14.3 Å². The Bertz CT molecular complexity index is 1030. The van der Waals surface area contributed by atoms with Gasteiger partial charge in [0.2, 0.25) is 5.56 Å². The number of fused-ring (bicyclic) bond motifs is 2. The molecular weight excluding hydrogens is 268 g/mol. The number of hydrogen-bond acceptors (Lipinski definition) is 3. The maximum atomic E-state index is 12.2. The molecule has 0 bridgehead atoms. The van der Waals surface area contributed by atoms with Crippen molar-refractivity contribution in [2.75, 3.05) is 6.61 Å². The molecule has 0 unspecified atom stereocenters. The van der Waals surface area contributed by atoms with Crippen molar-refractivity contribution in [3.63, 3.8) is 0 Å². The molecule has 5 heteroatoms. The van der Waals surface area contributed by atoms with Gasteiger partial charge in [-0.25, -0.2) is 0 Å². The lowest BCUT2D eigenvalue weighted by atomic mass is 10.0. The number of nitrogens with one attached hydrogen (secondary N) is 1. The Hall–Kier alpha value is -2.56. The van der Waals surface area contributed by atoms with Crippen LogP contribution in [0.25, 0.3) is 21.8 Å². The smallest absolute Gasteiger partial charge is 0.251 e. The standard InChI is InChI=1S/C16H14N2O3/c1-8-5-12(19)17-14-10(8)7-11-9(2)6-13(20)18-3-4-21-16(14)15(11)18/h5-7H,3-4H2,1-2H3,(H,17,19). The first-order chi connectivity index (χ1) is 10.1. The predicted molar refractivity (Wildman–Crippen MR) is 81.3 cm³/mol. The minimum atomic E-state index is -0.161. The van der Waals surface area contributed by atoms with Gasteiger partial charge in [-0.15, -0.1) is 0 Å². The normalized spacial score (nSPS) is 13.6. The largest absolute Gasteiger partial charge is 0.487 e. The lowest BCUT2D eigenvalue weighted by Gasteiger charge is -2.22. The second-order valence-corrected chi connectivity index (χ2v) is 5.51. The fraction of sp³-hybridized carbons (Fsp3) is 0.250. The number of pyridine rings is 2. The zero-order valence-corrected chi connectivity index (χ0v) is 11.8. The van der Waals surface area contributed by atoms with E-state index in [1.54, 1.807) is 16.7 Å². The summed E-state index contributed by atoms with van der Waals surface area (Å²) in [7, 11) is 0. The third kappa shape index (κ3) is 1.57. The Morgan fingerprint density at radius 1 is 1.10 bits per heavy atom. The number of aryl methyl sites for hydroxylation is 2. The molecule has 1 N–H and O–H groups in total. The van der Waals surface area contributed by atoms with E-state index in [0.717, 1.165) is 27.4 Å². The second kappa shape index (κ2) is 3.97. The molecule has 0 saturated heterocycles. The Morgan fingerprint density at radius 2 is 1.86 bits per heavy atom. The van der Waals surface area contributed by atoms with Gasteiger partial charge in [0.25, 0.3) is 5.56 Å². The molecule has 3 aromatic rings. The Balaban J connectivity index is 2.37. The van der Waals surface area contributed by atoms with E-state index in [2.05, 4.69) is 4.98 Å². The third-order valence-electron chi connectivity index (χ3n) is 4.14. The zero-order chi connectivity index (χ0) is 14.7. The van der Waals surface area contributed by atoms with Gasteiger partial charge in [-0.1, -0.05) is 0 Å². The van der Waals surface area contributed by atoms with Gasteiger partial charge in [0, 0.05) is 22.9 Å². The lowest BCUT2D eigenvalue weighted by Crippen LogP contribution is -2.27. The van der Waals surface area contributed by atoms with E-state index in [9.17, 15) is 9.59 Å². The van der Waals surface area contributed by atoms with Crippen LogP contribution >= 0.6 is 0 Å². The van der Waals surface area contributed by atoms with Crippen molar-refractivity contribution < 1.29 is 4.74 Å². The topological polar surface area (TPSA) is 64.1 Å². The van der Waals surface area contributed by atoms with Crippen LogP contribution in [0.1, 0.15) is 11.1 Å². The summed E-state index contributed by atoms with van der Waals surface area (Å²) < 4.78 is 7.52. The molecule has 0 amide bonds. The number of hydrogen-bond donors (Lipinski definition) is 1. The summed E-state index contributed by atoms with van der Waals surface area (Å²) in [5.41, 5.74) is 3.08. The fourth-order valence-electron chi connectivity index (χ4n) is 3.14. The highest BCUT2D eigenvalue weighted by Gasteiger charge is 2.20. The van der Waals surface area contributed by atoms with Crippen molar-refractivity contribution in [3.8, 4) is 5.75 Å². The molecule has 0 saturated carbocycles. The summed E-state index contributed by atoms with van der Waals surface area (Å²) >= 11 is 0. The molecule has 1 aliphatic heterocycles. The van der Waals surface area contributed by atoms with Gasteiger partial charge in [-0.3, -0.25) is 9.59 Å². The van der Waals surface area contributed by atoms with Crippen molar-refractivity contribution >= 4 is 21.8 Å². The van der Waals surface area contributed by atoms with Crippen LogP contribution in [0.2, 0.25) is 0 Å². The van der Waals surface area contributed by atoms with Crippen molar-refractivity contribution in [1.82, 2.24) is 9.55 Å². The molecule has 4 rings (SSSR count). The number of nitrogens with zero attached hydrogens (tertiary/aromatic N) is 1. The molecular formula is C16H14N2O3. The summed E-state index contributed by atoms with van der Waals surface area (Å²) in [4.78, 5) is 26.8. The van der Waals surface area contributed by atoms with Crippen LogP contribution in [0, 0.1) is 13.8 Å². The van der Waals surface area contributed by atoms with Crippen molar-refractivity contribution in [3.05, 3.63) is 50.0 Å². The van der Waals surface area contributed by atoms with Crippen LogP contribution in [0.4, 0.5) is 0 Å². The first kappa shape index (κ1) is 12.2. The molecule has 1 aliphatic rings. The summed E-state index contributed by atoms with van der Waals surface area (Å²) in [6.07, 6.45) is 0. The number of aromatic nitrogens is 2. The summed E-state index contributed by atoms with van der Waals surface area (Å²) in [5.74, 6) is 0.607. The van der Waals surface area contributed by atoms with Gasteiger partial charge in [0.15, 0.2) is 5.75 Å². The Morgan fingerprint density at radius 3 is 2.67 bits per heavy atom. The quantitative estimate of drug-likeness (QED) is 0.640. The van der Waals surface area contributed by atoms with Gasteiger partial charge in [-0.2, -0.15) is 0 Å². The van der Waals surface area contributed by atoms with Gasteiger partial charge in [0.05, 0.1) is 17.6 Å². The van der Waals surface area contributed by atoms with E-state index in [1.165, 1.54) is 0 Å². The zero-order valence-electron chi connectivity index (χ0n) is 11.8. The SMILES string of the molecule is Cc1cc(=O)[nH]c2c3c4c(cc12)c(C)cc(=O)n4CCO3. The average molecular weight is 282 g/mol. The number of H-pyrrole nitrogens is 1. The van der Waals surface area contributed by atoms with E-state index in [1.807, 2.05) is 19.9 Å². The number of rotatable bonds is 0. The highest BCUT2D eigenvalue weighted by Crippen LogP contribution is 2.36. The van der Waals surface area contributed by atoms with Crippen LogP contribution in [-0.4, -0.2) is 16.2 Å². The van der Waals surface area contributed by atoms with Gasteiger partial charge in [-0.05, 0) is 31.0 Å². The maximum Gasteiger partial charge on any atom is 0.251 e. The molecule has 0 aliphatic carbocycles. The summed E-state index contributed by atoms with van der Waals surface area (Å²) in [6, 6.07) is 5.26. The van der Waals surface area contributed by atoms with E-state index in [0.29, 0.717) is 24.4 Å². The second-order valence-electron chi connectivity index (χ2n) is 5.51. The molecule has 0 radical (unpaired) electrons. The van der Waals surface area contributed by atoms with E-state index >= 15 is 0 Å². The lowest BCUT2D eigenvalue weighted by molar-refractivity contribution is 0.287. The Kier molecular flexibility index (Phi) is 2.31. The predicted octanol–water partition coefficient (Wildman–Crippen LogP) is 1.85. The Labute approximate surface area is 119 Å². The van der Waals surface area contributed by atoms with Crippen LogP contribution in [0.5, 0.6) is 5.75 Å². The molecule has 0 spiro atoms. The number of benzene rings is 1. The van der Waals surface area contributed by atoms with Crippen LogP contribution in [0.3, 0.4) is 0 Å². The van der Waals surface area contributed by atoms with Gasteiger partial charge in [0.1, 0.15) is 6.61 Å². The molecule has 106 valence electrons. The highest BCUT2D eigenvalue weighted by molar-refractivity contribution is 6.04. The number of aromatic amines is 1. The van der Waals surface area contributed by atoms with Crippen LogP contribution in [-0.2, 0) is 6.54 Å². The first-order valence-corrected chi connectivity index (χ1v) is 6.90. The summed E-state index contributed by atoms with van der Waals surface area (Å²) in [5, 5.41) is 1.94. The molecule has 0 fully saturated rings. The minimum absolute atomic E-state index is 0.0288. The first-order valence-electron chi connectivity index (χ1n) is 6.90. The molecule has 2 aromatic heterocycles. The van der Waals surface area contributed by atoms with Crippen molar-refractivity contribution in [2.24, 2.45) is 0 Å². The van der Waals surface area contributed by atoms with E-state index < -0.39 is 0 Å². The molecule has 3 heterocycles. The minimum Gasteiger partial charge on any atom is -0.487 e. The maximum absolute atomic E-state index is 12.2. The van der Waals surface area contributed by atoms with Crippen molar-refractivity contribution in [2.45, 2.75) is 20.4 Å². The van der Waals surface area contributed by atoms with Crippen LogP contribution < -0.4 is 15.9 Å². The van der Waals surface area contributed by atoms with Crippen molar-refractivity contribution in [1.29, 1.82) is 0 Å². The van der Waals surface area contributed by atoms with E-state index in [-0.39, 0.29) is 11.1 Å². The molecule has 1 aromatic carbocycles. The monoisotopic (exact) mass is 282 g/mol. The van der Waals surface area contributed by atoms with Gasteiger partial charge >= 0.3 is 0 Å². The van der Waals surface area contributed by atoms with E-state index in [4.69, 9.17) is 4.74 Å².